The number of aryl methyl sites for hydroxylation is 1. The molecule has 0 spiro atoms. The molecule has 8 nitrogen and oxygen atoms in total. The highest BCUT2D eigenvalue weighted by molar-refractivity contribution is 6.31. The van der Waals surface area contributed by atoms with E-state index in [1.807, 2.05) is 0 Å². The molecule has 0 bridgehead atoms. The van der Waals surface area contributed by atoms with Crippen LogP contribution in [-0.4, -0.2) is 59.1 Å². The second-order valence-corrected chi connectivity index (χ2v) is 8.01. The van der Waals surface area contributed by atoms with Crippen LogP contribution in [0.5, 0.6) is 0 Å². The van der Waals surface area contributed by atoms with E-state index in [9.17, 15) is 31.9 Å². The second-order valence-electron chi connectivity index (χ2n) is 7.61. The molecule has 34 heavy (non-hydrogen) atoms. The van der Waals surface area contributed by atoms with E-state index in [1.165, 1.54) is 26.1 Å². The van der Waals surface area contributed by atoms with Crippen LogP contribution in [0, 0.1) is 12.7 Å². The highest BCUT2D eigenvalue weighted by Gasteiger charge is 2.45. The molecular formula is C21H19ClF4N4O4. The zero-order valence-corrected chi connectivity index (χ0v) is 18.7. The molecule has 0 saturated carbocycles. The Morgan fingerprint density at radius 3 is 2.53 bits per heavy atom. The average molecular weight is 503 g/mol. The lowest BCUT2D eigenvalue weighted by Gasteiger charge is -2.27. The third-order valence-corrected chi connectivity index (χ3v) is 5.49. The Bertz CT molecular complexity index is 1140. The minimum atomic E-state index is -4.73. The summed E-state index contributed by atoms with van der Waals surface area (Å²) < 4.78 is 53.6. The molecule has 0 radical (unpaired) electrons. The van der Waals surface area contributed by atoms with Gasteiger partial charge in [0.2, 0.25) is 0 Å². The first-order chi connectivity index (χ1) is 15.8. The van der Waals surface area contributed by atoms with Crippen LogP contribution in [-0.2, 0) is 15.8 Å². The number of halogens is 5. The predicted octanol–water partition coefficient (Wildman–Crippen LogP) is 3.95. The minimum absolute atomic E-state index is 0.0357. The summed E-state index contributed by atoms with van der Waals surface area (Å²) >= 11 is 5.78. The van der Waals surface area contributed by atoms with Gasteiger partial charge < -0.3 is 14.9 Å². The van der Waals surface area contributed by atoms with Crippen LogP contribution < -0.4 is 9.80 Å². The number of likely N-dealkylation sites (N-methyl/N-ethyl adjacent to an activating group) is 1. The topological polar surface area (TPSA) is 94.1 Å². The van der Waals surface area contributed by atoms with Gasteiger partial charge >= 0.3 is 18.2 Å². The molecule has 0 aliphatic carbocycles. The van der Waals surface area contributed by atoms with Crippen molar-refractivity contribution in [2.45, 2.75) is 25.6 Å². The fourth-order valence-corrected chi connectivity index (χ4v) is 3.68. The largest absolute Gasteiger partial charge is 0.481 e. The van der Waals surface area contributed by atoms with Crippen LogP contribution in [0.15, 0.2) is 30.3 Å². The van der Waals surface area contributed by atoms with Crippen LogP contribution in [0.1, 0.15) is 17.7 Å². The first-order valence-electron chi connectivity index (χ1n) is 9.88. The first-order valence-corrected chi connectivity index (χ1v) is 10.3. The molecule has 1 aliphatic heterocycles. The molecule has 2 aromatic rings. The molecule has 1 aromatic carbocycles. The Morgan fingerprint density at radius 2 is 1.94 bits per heavy atom. The van der Waals surface area contributed by atoms with E-state index in [0.717, 1.165) is 26.8 Å². The van der Waals surface area contributed by atoms with Crippen molar-refractivity contribution in [2.24, 2.45) is 0 Å². The van der Waals surface area contributed by atoms with Crippen LogP contribution >= 0.6 is 11.6 Å². The standard InChI is InChI=1S/C21H19ClF4N4O4/c1-11-7-12(21(24,25)26)8-17(27-11)30-16(10-29(20(30)34)6-5-18(31)32)19(33)28(2)13-3-4-15(23)14(22)9-13/h3-4,7-9,16H,5-6,10H2,1-2H3,(H,31,32). The minimum Gasteiger partial charge on any atom is -0.481 e. The van der Waals surface area contributed by atoms with Crippen molar-refractivity contribution in [3.63, 3.8) is 0 Å². The van der Waals surface area contributed by atoms with Gasteiger partial charge in [0.1, 0.15) is 17.7 Å². The van der Waals surface area contributed by atoms with Gasteiger partial charge in [0, 0.05) is 25.0 Å². The van der Waals surface area contributed by atoms with Gasteiger partial charge in [0.25, 0.3) is 5.91 Å². The third-order valence-electron chi connectivity index (χ3n) is 5.20. The maximum absolute atomic E-state index is 13.5. The molecule has 1 aromatic heterocycles. The Kier molecular flexibility index (Phi) is 7.01. The monoisotopic (exact) mass is 502 g/mol. The van der Waals surface area contributed by atoms with Gasteiger partial charge in [-0.15, -0.1) is 0 Å². The SMILES string of the molecule is Cc1cc(C(F)(F)F)cc(N2C(=O)N(CCC(=O)O)CC2C(=O)N(C)c2ccc(F)c(Cl)c2)n1. The van der Waals surface area contributed by atoms with Gasteiger partial charge in [0.05, 0.1) is 23.6 Å². The van der Waals surface area contributed by atoms with E-state index < -0.39 is 53.7 Å². The average Bonchev–Trinajstić information content (AvgIpc) is 3.08. The number of hydrogen-bond acceptors (Lipinski definition) is 4. The maximum Gasteiger partial charge on any atom is 0.416 e. The quantitative estimate of drug-likeness (QED) is 0.604. The summed E-state index contributed by atoms with van der Waals surface area (Å²) in [7, 11) is 1.33. The summed E-state index contributed by atoms with van der Waals surface area (Å²) in [6, 6.07) is 2.76. The molecule has 1 fully saturated rings. The number of nitrogens with zero attached hydrogens (tertiary/aromatic N) is 4. The third kappa shape index (κ3) is 5.22. The Morgan fingerprint density at radius 1 is 1.26 bits per heavy atom. The normalized spacial score (nSPS) is 16.2. The molecule has 13 heteroatoms. The van der Waals surface area contributed by atoms with Gasteiger partial charge in [-0.05, 0) is 37.3 Å². The van der Waals surface area contributed by atoms with Crippen molar-refractivity contribution >= 4 is 41.0 Å². The molecule has 1 atom stereocenters. The number of carbonyl (C=O) groups is 3. The van der Waals surface area contributed by atoms with E-state index in [2.05, 4.69) is 4.98 Å². The van der Waals surface area contributed by atoms with E-state index >= 15 is 0 Å². The number of carbonyl (C=O) groups excluding carboxylic acids is 2. The molecule has 3 amide bonds. The number of alkyl halides is 3. The molecule has 1 N–H and O–H groups in total. The number of rotatable bonds is 6. The van der Waals surface area contributed by atoms with Crippen molar-refractivity contribution in [1.82, 2.24) is 9.88 Å². The Balaban J connectivity index is 2.02. The summed E-state index contributed by atoms with van der Waals surface area (Å²) in [6.45, 7) is 0.755. The first kappa shape index (κ1) is 25.2. The number of aromatic nitrogens is 1. The molecule has 3 rings (SSSR count). The van der Waals surface area contributed by atoms with Gasteiger partial charge in [0.15, 0.2) is 0 Å². The number of amides is 3. The molecular weight excluding hydrogens is 484 g/mol. The lowest BCUT2D eigenvalue weighted by atomic mass is 10.1. The lowest BCUT2D eigenvalue weighted by molar-refractivity contribution is -0.138. The smallest absolute Gasteiger partial charge is 0.416 e. The van der Waals surface area contributed by atoms with Crippen LogP contribution in [0.25, 0.3) is 0 Å². The number of aliphatic carboxylic acids is 1. The van der Waals surface area contributed by atoms with E-state index in [-0.39, 0.29) is 29.5 Å². The lowest BCUT2D eigenvalue weighted by Crippen LogP contribution is -2.47. The van der Waals surface area contributed by atoms with Crippen molar-refractivity contribution in [2.75, 3.05) is 29.9 Å². The number of benzene rings is 1. The van der Waals surface area contributed by atoms with Crippen LogP contribution in [0.3, 0.4) is 0 Å². The predicted molar refractivity (Wildman–Crippen MR) is 114 cm³/mol. The van der Waals surface area contributed by atoms with Crippen LogP contribution in [0.2, 0.25) is 5.02 Å². The summed E-state index contributed by atoms with van der Waals surface area (Å²) in [5.74, 6) is -3.03. The second kappa shape index (κ2) is 9.45. The number of anilines is 2. The highest BCUT2D eigenvalue weighted by Crippen LogP contribution is 2.34. The number of carboxylic acid groups (broad SMARTS) is 1. The van der Waals surface area contributed by atoms with Crippen molar-refractivity contribution in [3.8, 4) is 0 Å². The fraction of sp³-hybridized carbons (Fsp3) is 0.333. The summed E-state index contributed by atoms with van der Waals surface area (Å²) in [4.78, 5) is 44.3. The van der Waals surface area contributed by atoms with Crippen LogP contribution in [0.4, 0.5) is 33.9 Å². The van der Waals surface area contributed by atoms with E-state index in [0.29, 0.717) is 6.07 Å². The number of hydrogen-bond donors (Lipinski definition) is 1. The fourth-order valence-electron chi connectivity index (χ4n) is 3.50. The zero-order chi connectivity index (χ0) is 25.4. The van der Waals surface area contributed by atoms with E-state index in [1.54, 1.807) is 0 Å². The van der Waals surface area contributed by atoms with Gasteiger partial charge in [-0.25, -0.2) is 14.2 Å². The van der Waals surface area contributed by atoms with Gasteiger partial charge in [-0.3, -0.25) is 14.5 Å². The summed E-state index contributed by atoms with van der Waals surface area (Å²) in [5, 5.41) is 8.70. The summed E-state index contributed by atoms with van der Waals surface area (Å²) in [5.41, 5.74) is -0.913. The molecule has 1 aliphatic rings. The Labute approximate surface area is 196 Å². The van der Waals surface area contributed by atoms with Crippen molar-refractivity contribution in [3.05, 3.63) is 52.4 Å². The number of urea groups is 1. The van der Waals surface area contributed by atoms with Crippen molar-refractivity contribution < 1.29 is 37.1 Å². The number of pyridine rings is 1. The summed E-state index contributed by atoms with van der Waals surface area (Å²) in [6.07, 6.45) is -5.16. The van der Waals surface area contributed by atoms with E-state index in [4.69, 9.17) is 16.7 Å². The number of carboxylic acids is 1. The highest BCUT2D eigenvalue weighted by atomic mass is 35.5. The molecule has 1 unspecified atom stereocenters. The Hall–Kier alpha value is -3.41. The van der Waals surface area contributed by atoms with Gasteiger partial charge in [-0.2, -0.15) is 13.2 Å². The molecule has 1 saturated heterocycles. The zero-order valence-electron chi connectivity index (χ0n) is 17.9. The van der Waals surface area contributed by atoms with Gasteiger partial charge in [-0.1, -0.05) is 11.6 Å². The maximum atomic E-state index is 13.5. The molecule has 2 heterocycles. The molecule has 182 valence electrons. The van der Waals surface area contributed by atoms with Crippen molar-refractivity contribution in [1.29, 1.82) is 0 Å².